The van der Waals surface area contributed by atoms with Crippen LogP contribution in [-0.4, -0.2) is 204 Å². The number of benzene rings is 10. The fourth-order valence-corrected chi connectivity index (χ4v) is 23.1. The van der Waals surface area contributed by atoms with Gasteiger partial charge >= 0.3 is 5.96 Å². The van der Waals surface area contributed by atoms with E-state index in [1.165, 1.54) is 290 Å². The summed E-state index contributed by atoms with van der Waals surface area (Å²) in [5.74, 6) is 0.814. The number of nitrogens with one attached hydrogen (secondary N) is 5. The number of carbonyl (C=O) groups excluding carboxylic acids is 6. The Morgan fingerprint density at radius 3 is 1.07 bits per heavy atom. The maximum absolute atomic E-state index is 12.4. The van der Waals surface area contributed by atoms with Gasteiger partial charge in [-0.05, 0) is 195 Å². The van der Waals surface area contributed by atoms with E-state index in [0.29, 0.717) is 93.2 Å². The van der Waals surface area contributed by atoms with Gasteiger partial charge in [-0.3, -0.25) is 78.3 Å². The molecule has 10 aliphatic rings. The van der Waals surface area contributed by atoms with Crippen LogP contribution < -0.4 is 73.8 Å². The Hall–Kier alpha value is -14.5. The highest BCUT2D eigenvalue weighted by Gasteiger charge is 2.29. The number of para-hydroxylation sites is 1. The number of guanidine groups is 1. The lowest BCUT2D eigenvalue weighted by Gasteiger charge is -2.29. The lowest BCUT2D eigenvalue weighted by Crippen LogP contribution is -2.54. The van der Waals surface area contributed by atoms with Crippen LogP contribution >= 0.6 is 34.0 Å². The van der Waals surface area contributed by atoms with E-state index in [4.69, 9.17) is 4.42 Å². The van der Waals surface area contributed by atoms with Gasteiger partial charge < -0.3 is 53.9 Å². The second-order valence-corrected chi connectivity index (χ2v) is 41.6. The third-order valence-electron chi connectivity index (χ3n) is 27.6. The highest BCUT2D eigenvalue weighted by molar-refractivity contribution is 7.25. The Kier molecular flexibility index (Phi) is 39.1. The molecule has 5 N–H and O–H groups in total. The largest absolute Gasteiger partial charge is 0.550 e. The van der Waals surface area contributed by atoms with Crippen molar-refractivity contribution in [3.63, 3.8) is 0 Å². The van der Waals surface area contributed by atoms with E-state index in [-0.39, 0.29) is 53.2 Å². The second-order valence-electron chi connectivity index (χ2n) is 38.3. The van der Waals surface area contributed by atoms with Gasteiger partial charge in [-0.25, -0.2) is 0 Å². The molecule has 14 aromatic rings. The number of carbonyl (C=O) groups is 6. The molecule has 0 spiro atoms. The van der Waals surface area contributed by atoms with Gasteiger partial charge in [0.05, 0.1) is 129 Å². The minimum atomic E-state index is -1.18. The van der Waals surface area contributed by atoms with E-state index in [1.54, 1.807) is 171 Å². The molecule has 24 rings (SSSR count). The first-order chi connectivity index (χ1) is 71.9. The molecule has 14 heterocycles. The fourth-order valence-electron chi connectivity index (χ4n) is 20.0. The zero-order valence-corrected chi connectivity index (χ0v) is 86.6. The van der Waals surface area contributed by atoms with E-state index in [0.717, 1.165) is 34.7 Å². The zero-order valence-electron chi connectivity index (χ0n) is 84.2. The van der Waals surface area contributed by atoms with Crippen molar-refractivity contribution in [1.82, 2.24) is 31.5 Å². The predicted molar refractivity (Wildman–Crippen MR) is 581 cm³/mol. The number of aliphatic carboxylic acids is 5. The third kappa shape index (κ3) is 29.7. The first-order valence-electron chi connectivity index (χ1n) is 51.9. The smallest absolute Gasteiger partial charge is 0.347 e. The highest BCUT2D eigenvalue weighted by Crippen LogP contribution is 2.31. The summed E-state index contributed by atoms with van der Waals surface area (Å²) in [6.45, 7) is 21.5. The van der Waals surface area contributed by atoms with Crippen molar-refractivity contribution in [3.05, 3.63) is 304 Å². The first kappa shape index (κ1) is 108. The molecule has 148 heavy (non-hydrogen) atoms. The van der Waals surface area contributed by atoms with Crippen LogP contribution in [0.4, 0.5) is 0 Å². The highest BCUT2D eigenvalue weighted by atomic mass is 32.1. The van der Waals surface area contributed by atoms with Gasteiger partial charge in [0.15, 0.2) is 22.1 Å². The van der Waals surface area contributed by atoms with Crippen molar-refractivity contribution in [2.45, 2.75) is 167 Å². The van der Waals surface area contributed by atoms with Crippen molar-refractivity contribution >= 4 is 181 Å². The molecule has 10 aromatic carbocycles. The average Bonchev–Trinajstić information content (AvgIpc) is 1.06. The third-order valence-corrected chi connectivity index (χ3v) is 31.0. The van der Waals surface area contributed by atoms with Crippen LogP contribution in [0.25, 0.3) is 82.5 Å². The van der Waals surface area contributed by atoms with Gasteiger partial charge in [0.2, 0.25) is 28.8 Å². The Balaban J connectivity index is 0.000000124. The summed E-state index contributed by atoms with van der Waals surface area (Å²) in [6.07, 6.45) is 26.3. The first-order valence-corrected chi connectivity index (χ1v) is 54.3. The number of hydrogen-bond acceptors (Lipinski definition) is 25. The van der Waals surface area contributed by atoms with Crippen LogP contribution in [0.5, 0.6) is 0 Å². The molecule has 1 unspecified atom stereocenters. The number of fused-ring (bicyclic) bond motifs is 9. The molecule has 1 atom stereocenters. The molecule has 10 aliphatic heterocycles. The van der Waals surface area contributed by atoms with Gasteiger partial charge in [0.1, 0.15) is 11.2 Å². The maximum atomic E-state index is 12.4. The standard InChI is InChI=1S/C16H14O3.C15H10O4.3C15H10O3S.3C9H16N2.C8H15N3.C7H12N2/c1-11(16(18)19)13-8-5-9-14(10-13)15(17)12-6-3-2-4-7-12;4*16-14(17)8-9-5-6-13-11(7-9)15(18)10-3-1-2-4-12(10)19-13;3*1-2-5-9-10-6-4-8-11(9)7-3-1;1-10-5-3-7-11-6-2-4-9-8(10)11;1-3-7-8-4-2-6-9(7)5-1/h2-11H,1H3,(H,18,19);4*1-7H,8H2,(H,16,17);3*1-8H2;2-7H2,1H3;1-6H2. The van der Waals surface area contributed by atoms with E-state index < -0.39 is 35.8 Å². The van der Waals surface area contributed by atoms with Gasteiger partial charge in [-0.1, -0.05) is 128 Å². The van der Waals surface area contributed by atoms with E-state index in [9.17, 15) is 73.5 Å². The molecule has 30 heteroatoms. The molecule has 1 fully saturated rings. The summed E-state index contributed by atoms with van der Waals surface area (Å²) in [5, 5.41) is 75.3. The van der Waals surface area contributed by atoms with Gasteiger partial charge in [0.25, 0.3) is 0 Å². The molecule has 0 bridgehead atoms. The summed E-state index contributed by atoms with van der Waals surface area (Å²) < 4.78 is 23.4. The van der Waals surface area contributed by atoms with Crippen molar-refractivity contribution in [1.29, 1.82) is 0 Å². The van der Waals surface area contributed by atoms with E-state index in [1.807, 2.05) is 60.7 Å². The number of nitrogens with zero attached hydrogens (tertiary/aromatic N) is 6. The number of ketones is 1. The number of amidine groups is 4. The Bertz CT molecular complexity index is 6870. The molecule has 0 saturated carbocycles. The summed E-state index contributed by atoms with van der Waals surface area (Å²) in [6, 6.07) is 65.1. The van der Waals surface area contributed by atoms with Crippen LogP contribution in [0.1, 0.15) is 185 Å². The number of carboxylic acids is 5. The van der Waals surface area contributed by atoms with Crippen LogP contribution in [-0.2, 0) is 49.7 Å². The summed E-state index contributed by atoms with van der Waals surface area (Å²) >= 11 is 4.59. The topological polar surface area (TPSA) is 378 Å². The van der Waals surface area contributed by atoms with Crippen LogP contribution in [0, 0.1) is 0 Å². The van der Waals surface area contributed by atoms with Crippen LogP contribution in [0.3, 0.4) is 0 Å². The maximum Gasteiger partial charge on any atom is 0.347 e. The lowest BCUT2D eigenvalue weighted by atomic mass is 9.96. The van der Waals surface area contributed by atoms with Crippen LogP contribution in [0.2, 0.25) is 0 Å². The Morgan fingerprint density at radius 2 is 0.655 bits per heavy atom. The van der Waals surface area contributed by atoms with Gasteiger partial charge in [0, 0.05) is 191 Å². The normalized spacial score (nSPS) is 16.2. The van der Waals surface area contributed by atoms with Crippen LogP contribution in [0.15, 0.2) is 248 Å². The molecule has 1 saturated heterocycles. The molecule has 0 radical (unpaired) electrons. The number of rotatable bonds is 12. The van der Waals surface area contributed by atoms with E-state index >= 15 is 0 Å². The Labute approximate surface area is 871 Å². The molecular formula is C118H129N11O16S3. The summed E-state index contributed by atoms with van der Waals surface area (Å²) in [7, 11) is 2.17. The van der Waals surface area contributed by atoms with Gasteiger partial charge in [-0.2, -0.15) is 0 Å². The van der Waals surface area contributed by atoms with Gasteiger partial charge in [-0.15, -0.1) is 34.0 Å². The van der Waals surface area contributed by atoms with E-state index in [2.05, 4.69) is 61.4 Å². The molecule has 0 amide bonds. The minimum Gasteiger partial charge on any atom is -0.550 e. The van der Waals surface area contributed by atoms with Crippen molar-refractivity contribution in [2.75, 3.05) is 112 Å². The molecule has 770 valence electrons. The van der Waals surface area contributed by atoms with Crippen molar-refractivity contribution < 1.29 is 81.6 Å². The van der Waals surface area contributed by atoms with Crippen molar-refractivity contribution in [2.24, 2.45) is 0 Å². The summed E-state index contributed by atoms with van der Waals surface area (Å²) in [5.41, 5.74) is 4.59. The minimum absolute atomic E-state index is 0.0513. The lowest BCUT2D eigenvalue weighted by molar-refractivity contribution is -0.534. The predicted octanol–water partition coefficient (Wildman–Crippen LogP) is 10.9. The Morgan fingerprint density at radius 1 is 0.318 bits per heavy atom. The second kappa shape index (κ2) is 53.7. The van der Waals surface area contributed by atoms with Crippen molar-refractivity contribution in [3.8, 4) is 0 Å². The number of carboxylic acid groups (broad SMARTS) is 5. The quantitative estimate of drug-likeness (QED) is 0.0431. The molecular weight excluding hydrogens is 1920 g/mol. The SMILES string of the molecule is C1CCC2=[N+](CC1)CCCN2.C1CCC2=[N+](CC1)CCCN2.C1CCC2=[N+](CC1)CCCN2.C1CNC2=[N+](C1)CCC2.CC(C(=O)[O-])c1cccc(C(=O)c2ccccc2)c1.C[N+]1=C2NCCCN2CCC1.O=C([O-])Cc1ccc2oc3ccccc3c(=O)c2c1.O=C([O-])Cc1ccc2sc3ccccc3c(=O)c2c1.O=C([O-])Cc1ccc2sc3ccccc3c(=O)c2c1.O=C([O-])Cc1ccc2sc3ccccc3c(=O)c2c1. The molecule has 4 aromatic heterocycles. The summed E-state index contributed by atoms with van der Waals surface area (Å²) in [4.78, 5) is 117. The number of hydrogen-bond donors (Lipinski definition) is 5. The molecule has 27 nitrogen and oxygen atoms in total. The fraction of sp³-hybridized carbons (Fsp3) is 0.364. The molecule has 0 aliphatic carbocycles. The average molecular weight is 2050 g/mol. The zero-order chi connectivity index (χ0) is 104. The monoisotopic (exact) mass is 2050 g/mol.